The third-order valence-electron chi connectivity index (χ3n) is 4.71. The Hall–Kier alpha value is -0.300. The summed E-state index contributed by atoms with van der Waals surface area (Å²) < 4.78 is 38.8. The minimum Gasteiger partial charge on any atom is -0.308 e. The van der Waals surface area contributed by atoms with Crippen LogP contribution in [0, 0.1) is 11.3 Å². The monoisotopic (exact) mass is 425 g/mol. The van der Waals surface area contributed by atoms with Gasteiger partial charge in [0.15, 0.2) is 0 Å². The fraction of sp³-hybridized carbons (Fsp3) is 0.647. The van der Waals surface area contributed by atoms with Gasteiger partial charge in [-0.3, -0.25) is 0 Å². The second-order valence-electron chi connectivity index (χ2n) is 6.38. The predicted molar refractivity (Wildman–Crippen MR) is 92.9 cm³/mol. The number of alkyl halides is 3. The Balaban J connectivity index is 2.20. The van der Waals surface area contributed by atoms with Crippen molar-refractivity contribution in [3.63, 3.8) is 0 Å². The largest absolute Gasteiger partial charge is 0.401 e. The molecule has 2 rings (SSSR count). The summed E-state index contributed by atoms with van der Waals surface area (Å²) >= 11 is 2.40. The van der Waals surface area contributed by atoms with Crippen molar-refractivity contribution in [3.8, 4) is 0 Å². The highest BCUT2D eigenvalue weighted by molar-refractivity contribution is 14.1. The molecule has 0 saturated heterocycles. The topological polar surface area (TPSA) is 12.0 Å². The molecule has 0 spiro atoms. The van der Waals surface area contributed by atoms with Gasteiger partial charge in [-0.05, 0) is 64.2 Å². The van der Waals surface area contributed by atoms with Crippen molar-refractivity contribution in [2.45, 2.75) is 45.2 Å². The summed E-state index contributed by atoms with van der Waals surface area (Å²) in [7, 11) is 0. The summed E-state index contributed by atoms with van der Waals surface area (Å²) in [6.45, 7) is 1.58. The van der Waals surface area contributed by atoms with E-state index in [1.807, 2.05) is 12.2 Å². The molecule has 0 aromatic carbocycles. The molecule has 5 heteroatoms. The van der Waals surface area contributed by atoms with Crippen LogP contribution in [0.25, 0.3) is 0 Å². The third kappa shape index (κ3) is 4.60. The maximum Gasteiger partial charge on any atom is 0.401 e. The summed E-state index contributed by atoms with van der Waals surface area (Å²) in [5.41, 5.74) is 1.11. The van der Waals surface area contributed by atoms with E-state index in [0.717, 1.165) is 25.7 Å². The van der Waals surface area contributed by atoms with Gasteiger partial charge in [0.05, 0.1) is 6.54 Å². The van der Waals surface area contributed by atoms with E-state index < -0.39 is 12.7 Å². The Kier molecular flexibility index (Phi) is 6.16. The van der Waals surface area contributed by atoms with Gasteiger partial charge in [-0.25, -0.2) is 0 Å². The lowest BCUT2D eigenvalue weighted by Gasteiger charge is -2.41. The number of nitrogens with one attached hydrogen (secondary N) is 1. The third-order valence-corrected chi connectivity index (χ3v) is 5.90. The van der Waals surface area contributed by atoms with Gasteiger partial charge in [0, 0.05) is 12.0 Å². The average Bonchev–Trinajstić information content (AvgIpc) is 2.47. The molecule has 0 aromatic heterocycles. The summed E-state index contributed by atoms with van der Waals surface area (Å²) in [5.74, 6) is 0.260. The van der Waals surface area contributed by atoms with Gasteiger partial charge < -0.3 is 5.32 Å². The number of halogens is 4. The van der Waals surface area contributed by atoms with Crippen molar-refractivity contribution in [1.29, 1.82) is 0 Å². The maximum atomic E-state index is 12.5. The van der Waals surface area contributed by atoms with Crippen molar-refractivity contribution in [2.24, 2.45) is 11.3 Å². The standard InChI is InChI=1S/C17H23F3IN/c1-16(11-22-12-17(18,19)20,13-7-3-2-4-8-13)14-9-5-6-10-15(14)21/h2-4,7,13,22H,5-6,8-12H2,1H3. The van der Waals surface area contributed by atoms with Crippen LogP contribution in [0.3, 0.4) is 0 Å². The van der Waals surface area contributed by atoms with Crippen LogP contribution in [-0.4, -0.2) is 19.3 Å². The van der Waals surface area contributed by atoms with Crippen LogP contribution in [-0.2, 0) is 0 Å². The SMILES string of the molecule is CC(CNCC(F)(F)F)(C1=C(I)CCCC1)C1C=CC=CC1. The highest BCUT2D eigenvalue weighted by Gasteiger charge is 2.39. The van der Waals surface area contributed by atoms with Crippen LogP contribution >= 0.6 is 22.6 Å². The first kappa shape index (κ1) is 18.0. The smallest absolute Gasteiger partial charge is 0.308 e. The molecular weight excluding hydrogens is 402 g/mol. The van der Waals surface area contributed by atoms with E-state index >= 15 is 0 Å². The van der Waals surface area contributed by atoms with Crippen LogP contribution < -0.4 is 5.32 Å². The first-order chi connectivity index (χ1) is 10.3. The molecule has 0 amide bonds. The highest BCUT2D eigenvalue weighted by atomic mass is 127. The molecule has 22 heavy (non-hydrogen) atoms. The fourth-order valence-corrected chi connectivity index (χ4v) is 4.71. The lowest BCUT2D eigenvalue weighted by Crippen LogP contribution is -2.43. The lowest BCUT2D eigenvalue weighted by atomic mass is 9.66. The van der Waals surface area contributed by atoms with E-state index in [1.165, 1.54) is 15.6 Å². The molecule has 124 valence electrons. The van der Waals surface area contributed by atoms with Gasteiger partial charge in [-0.2, -0.15) is 13.2 Å². The molecule has 0 fully saturated rings. The predicted octanol–water partition coefficient (Wildman–Crippen LogP) is 5.54. The normalized spacial score (nSPS) is 25.4. The molecule has 2 aliphatic carbocycles. The van der Waals surface area contributed by atoms with Crippen LogP contribution in [0.5, 0.6) is 0 Å². The lowest BCUT2D eigenvalue weighted by molar-refractivity contribution is -0.125. The Bertz CT molecular complexity index is 479. The summed E-state index contributed by atoms with van der Waals surface area (Å²) in [6, 6.07) is 0. The molecule has 0 aromatic rings. The van der Waals surface area contributed by atoms with Crippen molar-refractivity contribution >= 4 is 22.6 Å². The molecule has 0 saturated carbocycles. The van der Waals surface area contributed by atoms with Gasteiger partial charge in [0.2, 0.25) is 0 Å². The number of rotatable bonds is 5. The molecular formula is C17H23F3IN. The molecule has 0 heterocycles. The fourth-order valence-electron chi connectivity index (χ4n) is 3.44. The van der Waals surface area contributed by atoms with E-state index in [9.17, 15) is 13.2 Å². The minimum atomic E-state index is -4.16. The summed E-state index contributed by atoms with van der Waals surface area (Å²) in [6.07, 6.45) is 9.45. The zero-order chi connectivity index (χ0) is 16.2. The molecule has 0 radical (unpaired) electrons. The van der Waals surface area contributed by atoms with Gasteiger partial charge >= 0.3 is 6.18 Å². The second-order valence-corrected chi connectivity index (χ2v) is 7.68. The quantitative estimate of drug-likeness (QED) is 0.571. The summed E-state index contributed by atoms with van der Waals surface area (Å²) in [5, 5.41) is 2.66. The Morgan fingerprint density at radius 2 is 1.91 bits per heavy atom. The molecule has 2 atom stereocenters. The van der Waals surface area contributed by atoms with Crippen LogP contribution in [0.2, 0.25) is 0 Å². The first-order valence-electron chi connectivity index (χ1n) is 7.82. The second kappa shape index (κ2) is 7.51. The molecule has 1 N–H and O–H groups in total. The van der Waals surface area contributed by atoms with Crippen molar-refractivity contribution in [1.82, 2.24) is 5.32 Å². The molecule has 2 unspecified atom stereocenters. The highest BCUT2D eigenvalue weighted by Crippen LogP contribution is 2.47. The zero-order valence-corrected chi connectivity index (χ0v) is 15.0. The Morgan fingerprint density at radius 3 is 2.50 bits per heavy atom. The van der Waals surface area contributed by atoms with Crippen LogP contribution in [0.15, 0.2) is 33.5 Å². The minimum absolute atomic E-state index is 0.247. The van der Waals surface area contributed by atoms with E-state index in [1.54, 1.807) is 0 Å². The number of allylic oxidation sites excluding steroid dienone is 5. The van der Waals surface area contributed by atoms with Gasteiger partial charge in [-0.15, -0.1) is 0 Å². The van der Waals surface area contributed by atoms with E-state index in [2.05, 4.69) is 47.0 Å². The molecule has 2 aliphatic rings. The van der Waals surface area contributed by atoms with E-state index in [4.69, 9.17) is 0 Å². The molecule has 1 nitrogen and oxygen atoms in total. The molecule has 0 aliphatic heterocycles. The van der Waals surface area contributed by atoms with Crippen molar-refractivity contribution < 1.29 is 13.2 Å². The van der Waals surface area contributed by atoms with Crippen LogP contribution in [0.1, 0.15) is 39.0 Å². The summed E-state index contributed by atoms with van der Waals surface area (Å²) in [4.78, 5) is 0. The Labute approximate surface area is 144 Å². The Morgan fingerprint density at radius 1 is 1.18 bits per heavy atom. The van der Waals surface area contributed by atoms with Crippen LogP contribution in [0.4, 0.5) is 13.2 Å². The first-order valence-corrected chi connectivity index (χ1v) is 8.89. The zero-order valence-electron chi connectivity index (χ0n) is 12.8. The molecule has 0 bridgehead atoms. The van der Waals surface area contributed by atoms with Gasteiger partial charge in [0.1, 0.15) is 0 Å². The van der Waals surface area contributed by atoms with Crippen molar-refractivity contribution in [2.75, 3.05) is 13.1 Å². The van der Waals surface area contributed by atoms with Gasteiger partial charge in [0.25, 0.3) is 0 Å². The van der Waals surface area contributed by atoms with Gasteiger partial charge in [-0.1, -0.05) is 36.8 Å². The van der Waals surface area contributed by atoms with E-state index in [0.29, 0.717) is 6.54 Å². The number of hydrogen-bond donors (Lipinski definition) is 1. The van der Waals surface area contributed by atoms with E-state index in [-0.39, 0.29) is 11.3 Å². The maximum absolute atomic E-state index is 12.5. The average molecular weight is 425 g/mol. The van der Waals surface area contributed by atoms with Crippen molar-refractivity contribution in [3.05, 3.63) is 33.5 Å². The number of hydrogen-bond acceptors (Lipinski definition) is 1.